The molecule has 17 heavy (non-hydrogen) atoms. The van der Waals surface area contributed by atoms with Crippen LogP contribution in [0, 0.1) is 5.82 Å². The largest absolute Gasteiger partial charge is 0.353 e. The summed E-state index contributed by atoms with van der Waals surface area (Å²) >= 11 is 5.69. The molecule has 0 aliphatic heterocycles. The van der Waals surface area contributed by atoms with Gasteiger partial charge in [-0.3, -0.25) is 0 Å². The molecule has 1 heterocycles. The first-order valence-corrected chi connectivity index (χ1v) is 6.27. The molecule has 1 aromatic heterocycles. The van der Waals surface area contributed by atoms with E-state index in [9.17, 15) is 4.39 Å². The molecule has 1 fully saturated rings. The Labute approximate surface area is 106 Å². The van der Waals surface area contributed by atoms with Crippen molar-refractivity contribution in [2.75, 3.05) is 11.9 Å². The molecule has 2 rings (SSSR count). The number of nitrogens with zero attached hydrogens (tertiary/aromatic N) is 2. The van der Waals surface area contributed by atoms with Gasteiger partial charge in [-0.15, -0.1) is 0 Å². The second kappa shape index (κ2) is 5.19. The van der Waals surface area contributed by atoms with Crippen LogP contribution >= 0.6 is 11.6 Å². The van der Waals surface area contributed by atoms with Crippen LogP contribution in [0.1, 0.15) is 25.7 Å². The molecule has 1 aromatic rings. The fraction of sp³-hybridized carbons (Fsp3) is 0.583. The van der Waals surface area contributed by atoms with Crippen LogP contribution < -0.4 is 10.6 Å². The zero-order valence-electron chi connectivity index (χ0n) is 9.87. The van der Waals surface area contributed by atoms with Gasteiger partial charge in [0.25, 0.3) is 0 Å². The molecular formula is C12H17ClFN3. The molecule has 0 radical (unpaired) electrons. The predicted molar refractivity (Wildman–Crippen MR) is 67.8 cm³/mol. The molecule has 0 amide bonds. The van der Waals surface area contributed by atoms with E-state index < -0.39 is 5.82 Å². The van der Waals surface area contributed by atoms with Crippen molar-refractivity contribution in [3.8, 4) is 0 Å². The Morgan fingerprint density at radius 1 is 1.47 bits per heavy atom. The topological polar surface area (TPSA) is 42.2 Å². The molecule has 2 unspecified atom stereocenters. The second-order valence-corrected chi connectivity index (χ2v) is 5.02. The zero-order chi connectivity index (χ0) is 12.4. The van der Waals surface area contributed by atoms with E-state index in [-0.39, 0.29) is 12.1 Å². The average Bonchev–Trinajstić information content (AvgIpc) is 2.29. The highest BCUT2D eigenvalue weighted by atomic mass is 35.5. The van der Waals surface area contributed by atoms with Gasteiger partial charge in [-0.1, -0.05) is 24.4 Å². The predicted octanol–water partition coefficient (Wildman–Crippen LogP) is 2.58. The third-order valence-electron chi connectivity index (χ3n) is 3.40. The van der Waals surface area contributed by atoms with Crippen molar-refractivity contribution in [2.24, 2.45) is 5.73 Å². The van der Waals surface area contributed by atoms with Gasteiger partial charge in [-0.25, -0.2) is 9.37 Å². The SMILES string of the molecule is CN(c1ncc(Cl)cc1F)C1CCCCC1N. The monoisotopic (exact) mass is 257 g/mol. The molecule has 0 saturated heterocycles. The molecule has 94 valence electrons. The van der Waals surface area contributed by atoms with Gasteiger partial charge in [0.1, 0.15) is 0 Å². The van der Waals surface area contributed by atoms with Gasteiger partial charge >= 0.3 is 0 Å². The fourth-order valence-electron chi connectivity index (χ4n) is 2.44. The van der Waals surface area contributed by atoms with Gasteiger partial charge in [-0.05, 0) is 18.9 Å². The van der Waals surface area contributed by atoms with Crippen LogP contribution in [0.2, 0.25) is 5.02 Å². The Hall–Kier alpha value is -0.870. The minimum atomic E-state index is -0.391. The molecule has 3 nitrogen and oxygen atoms in total. The zero-order valence-corrected chi connectivity index (χ0v) is 10.6. The van der Waals surface area contributed by atoms with Crippen LogP contribution in [-0.4, -0.2) is 24.1 Å². The second-order valence-electron chi connectivity index (χ2n) is 4.59. The summed E-state index contributed by atoms with van der Waals surface area (Å²) in [6.45, 7) is 0. The van der Waals surface area contributed by atoms with Gasteiger partial charge in [0.15, 0.2) is 11.6 Å². The quantitative estimate of drug-likeness (QED) is 0.886. The minimum absolute atomic E-state index is 0.0885. The van der Waals surface area contributed by atoms with Gasteiger partial charge in [-0.2, -0.15) is 0 Å². The number of aromatic nitrogens is 1. The molecule has 0 bridgehead atoms. The van der Waals surface area contributed by atoms with Crippen molar-refractivity contribution < 1.29 is 4.39 Å². The van der Waals surface area contributed by atoms with Crippen LogP contribution in [-0.2, 0) is 0 Å². The maximum atomic E-state index is 13.8. The molecular weight excluding hydrogens is 241 g/mol. The number of likely N-dealkylation sites (N-methyl/N-ethyl adjacent to an activating group) is 1. The maximum Gasteiger partial charge on any atom is 0.167 e. The summed E-state index contributed by atoms with van der Waals surface area (Å²) in [5.74, 6) is -0.0606. The highest BCUT2D eigenvalue weighted by Crippen LogP contribution is 2.26. The van der Waals surface area contributed by atoms with Gasteiger partial charge in [0.2, 0.25) is 0 Å². The van der Waals surface area contributed by atoms with Crippen molar-refractivity contribution in [2.45, 2.75) is 37.8 Å². The normalized spacial score (nSPS) is 24.7. The van der Waals surface area contributed by atoms with Crippen molar-refractivity contribution in [3.05, 3.63) is 23.1 Å². The summed E-state index contributed by atoms with van der Waals surface area (Å²) in [4.78, 5) is 5.89. The Morgan fingerprint density at radius 3 is 2.82 bits per heavy atom. The lowest BCUT2D eigenvalue weighted by molar-refractivity contribution is 0.370. The van der Waals surface area contributed by atoms with E-state index in [1.165, 1.54) is 12.3 Å². The van der Waals surface area contributed by atoms with Crippen molar-refractivity contribution in [3.63, 3.8) is 0 Å². The van der Waals surface area contributed by atoms with E-state index in [1.807, 2.05) is 11.9 Å². The number of anilines is 1. The Balaban J connectivity index is 2.20. The molecule has 2 atom stereocenters. The molecule has 1 aliphatic carbocycles. The van der Waals surface area contributed by atoms with Crippen LogP contribution in [0.25, 0.3) is 0 Å². The van der Waals surface area contributed by atoms with Crippen LogP contribution in [0.5, 0.6) is 0 Å². The molecule has 1 saturated carbocycles. The number of hydrogen-bond acceptors (Lipinski definition) is 3. The Morgan fingerprint density at radius 2 is 2.18 bits per heavy atom. The molecule has 2 N–H and O–H groups in total. The van der Waals surface area contributed by atoms with Crippen LogP contribution in [0.15, 0.2) is 12.3 Å². The standard InChI is InChI=1S/C12H17ClFN3/c1-17(11-5-3-2-4-10(11)15)12-9(14)6-8(13)7-16-12/h6-7,10-11H,2-5,15H2,1H3. The smallest absolute Gasteiger partial charge is 0.167 e. The summed E-state index contributed by atoms with van der Waals surface area (Å²) in [7, 11) is 1.84. The maximum absolute atomic E-state index is 13.8. The lowest BCUT2D eigenvalue weighted by Gasteiger charge is -2.36. The summed E-state index contributed by atoms with van der Waals surface area (Å²) in [6, 6.07) is 1.53. The van der Waals surface area contributed by atoms with E-state index in [0.717, 1.165) is 25.7 Å². The fourth-order valence-corrected chi connectivity index (χ4v) is 2.59. The minimum Gasteiger partial charge on any atom is -0.353 e. The number of rotatable bonds is 2. The molecule has 1 aliphatic rings. The van der Waals surface area contributed by atoms with E-state index in [2.05, 4.69) is 4.98 Å². The first-order valence-electron chi connectivity index (χ1n) is 5.89. The summed E-state index contributed by atoms with van der Waals surface area (Å²) in [6.07, 6.45) is 5.73. The number of nitrogens with two attached hydrogens (primary N) is 1. The third-order valence-corrected chi connectivity index (χ3v) is 3.61. The Bertz CT molecular complexity index is 399. The van der Waals surface area contributed by atoms with E-state index in [0.29, 0.717) is 10.8 Å². The van der Waals surface area contributed by atoms with Gasteiger partial charge < -0.3 is 10.6 Å². The first kappa shape index (κ1) is 12.6. The van der Waals surface area contributed by atoms with Crippen molar-refractivity contribution in [1.29, 1.82) is 0 Å². The molecule has 0 spiro atoms. The average molecular weight is 258 g/mol. The Kier molecular flexibility index (Phi) is 3.84. The first-order chi connectivity index (χ1) is 8.09. The molecule has 0 aromatic carbocycles. The molecule has 5 heteroatoms. The third kappa shape index (κ3) is 2.69. The number of hydrogen-bond donors (Lipinski definition) is 1. The number of pyridine rings is 1. The lowest BCUT2D eigenvalue weighted by Crippen LogP contribution is -2.48. The van der Waals surface area contributed by atoms with E-state index in [4.69, 9.17) is 17.3 Å². The van der Waals surface area contributed by atoms with Gasteiger partial charge in [0.05, 0.1) is 5.02 Å². The van der Waals surface area contributed by atoms with Gasteiger partial charge in [0, 0.05) is 25.3 Å². The number of halogens is 2. The lowest BCUT2D eigenvalue weighted by atomic mass is 9.90. The van der Waals surface area contributed by atoms with Crippen LogP contribution in [0.4, 0.5) is 10.2 Å². The highest BCUT2D eigenvalue weighted by Gasteiger charge is 2.27. The summed E-state index contributed by atoms with van der Waals surface area (Å²) in [5.41, 5.74) is 6.08. The van der Waals surface area contributed by atoms with Crippen LogP contribution in [0.3, 0.4) is 0 Å². The van der Waals surface area contributed by atoms with Crippen molar-refractivity contribution >= 4 is 17.4 Å². The summed E-state index contributed by atoms with van der Waals surface area (Å²) < 4.78 is 13.8. The summed E-state index contributed by atoms with van der Waals surface area (Å²) in [5, 5.41) is 0.313. The highest BCUT2D eigenvalue weighted by molar-refractivity contribution is 6.30. The van der Waals surface area contributed by atoms with E-state index >= 15 is 0 Å². The van der Waals surface area contributed by atoms with Crippen molar-refractivity contribution in [1.82, 2.24) is 4.98 Å². The van der Waals surface area contributed by atoms with E-state index in [1.54, 1.807) is 0 Å².